The van der Waals surface area contributed by atoms with Crippen molar-refractivity contribution in [2.45, 2.75) is 0 Å². The molecule has 0 aromatic carbocycles. The molecule has 0 spiro atoms. The molecule has 1 aliphatic heterocycles. The summed E-state index contributed by atoms with van der Waals surface area (Å²) in [4.78, 5) is 35.2. The van der Waals surface area contributed by atoms with E-state index in [0.29, 0.717) is 0 Å². The first-order valence-electron chi connectivity index (χ1n) is 4.77. The van der Waals surface area contributed by atoms with Crippen LogP contribution < -0.4 is 5.32 Å². The average Bonchev–Trinajstić information content (AvgIpc) is 2.68. The van der Waals surface area contributed by atoms with Crippen molar-refractivity contribution in [1.29, 1.82) is 0 Å². The molecular formula is C10H10N2O4. The van der Waals surface area contributed by atoms with Crippen LogP contribution in [0.15, 0.2) is 22.8 Å². The van der Waals surface area contributed by atoms with Crippen molar-refractivity contribution in [2.24, 2.45) is 0 Å². The van der Waals surface area contributed by atoms with Crippen molar-refractivity contribution in [3.63, 3.8) is 0 Å². The van der Waals surface area contributed by atoms with Crippen LogP contribution in [0, 0.1) is 0 Å². The summed E-state index contributed by atoms with van der Waals surface area (Å²) >= 11 is 0. The zero-order valence-corrected chi connectivity index (χ0v) is 8.43. The fourth-order valence-electron chi connectivity index (χ4n) is 1.53. The predicted octanol–water partition coefficient (Wildman–Crippen LogP) is -0.579. The second kappa shape index (κ2) is 4.28. The number of ketones is 1. The van der Waals surface area contributed by atoms with Crippen LogP contribution >= 0.6 is 0 Å². The van der Waals surface area contributed by atoms with Gasteiger partial charge in [-0.2, -0.15) is 0 Å². The van der Waals surface area contributed by atoms with Crippen LogP contribution in [0.25, 0.3) is 0 Å². The molecule has 6 heteroatoms. The summed E-state index contributed by atoms with van der Waals surface area (Å²) in [6.07, 6.45) is 1.40. The van der Waals surface area contributed by atoms with Gasteiger partial charge in [0.05, 0.1) is 25.9 Å². The van der Waals surface area contributed by atoms with Crippen LogP contribution in [0.2, 0.25) is 0 Å². The Morgan fingerprint density at radius 1 is 1.38 bits per heavy atom. The molecule has 6 nitrogen and oxygen atoms in total. The molecule has 1 aromatic rings. The molecule has 1 fully saturated rings. The number of hydrogen-bond acceptors (Lipinski definition) is 5. The molecule has 1 saturated heterocycles. The van der Waals surface area contributed by atoms with E-state index in [0.717, 1.165) is 0 Å². The van der Waals surface area contributed by atoms with Gasteiger partial charge >= 0.3 is 0 Å². The highest BCUT2D eigenvalue weighted by atomic mass is 16.3. The summed E-state index contributed by atoms with van der Waals surface area (Å²) in [6.45, 7) is 0.114. The molecule has 0 saturated carbocycles. The molecule has 2 rings (SSSR count). The predicted molar refractivity (Wildman–Crippen MR) is 52.6 cm³/mol. The number of amides is 2. The van der Waals surface area contributed by atoms with E-state index in [-0.39, 0.29) is 43.0 Å². The maximum Gasteiger partial charge on any atom is 0.240 e. The molecule has 84 valence electrons. The Morgan fingerprint density at radius 2 is 2.06 bits per heavy atom. The number of carbonyl (C=O) groups excluding carboxylic acids is 3. The minimum Gasteiger partial charge on any atom is -0.461 e. The summed E-state index contributed by atoms with van der Waals surface area (Å²) in [5.74, 6) is -0.780. The minimum atomic E-state index is -0.386. The Labute approximate surface area is 91.2 Å². The number of imide groups is 1. The molecule has 2 amide bonds. The first kappa shape index (κ1) is 10.6. The van der Waals surface area contributed by atoms with Crippen LogP contribution in [0.1, 0.15) is 10.6 Å². The van der Waals surface area contributed by atoms with E-state index in [4.69, 9.17) is 4.42 Å². The summed E-state index contributed by atoms with van der Waals surface area (Å²) in [7, 11) is 0. The van der Waals surface area contributed by atoms with E-state index >= 15 is 0 Å². The maximum atomic E-state index is 11.6. The molecule has 0 atom stereocenters. The Bertz CT molecular complexity index is 408. The number of furan rings is 1. The summed E-state index contributed by atoms with van der Waals surface area (Å²) in [5.41, 5.74) is 0. The second-order valence-corrected chi connectivity index (χ2v) is 3.52. The second-order valence-electron chi connectivity index (χ2n) is 3.52. The molecule has 1 aliphatic rings. The third-order valence-corrected chi connectivity index (χ3v) is 2.18. The van der Waals surface area contributed by atoms with Gasteiger partial charge in [0.15, 0.2) is 5.76 Å². The van der Waals surface area contributed by atoms with Crippen LogP contribution in [0.4, 0.5) is 0 Å². The van der Waals surface area contributed by atoms with Gasteiger partial charge in [-0.15, -0.1) is 0 Å². The molecule has 2 heterocycles. The topological polar surface area (TPSA) is 79.6 Å². The minimum absolute atomic E-state index is 0.00662. The van der Waals surface area contributed by atoms with Crippen molar-refractivity contribution in [3.05, 3.63) is 24.2 Å². The normalized spacial score (nSPS) is 17.2. The third kappa shape index (κ3) is 2.34. The van der Waals surface area contributed by atoms with Gasteiger partial charge < -0.3 is 4.42 Å². The van der Waals surface area contributed by atoms with Crippen molar-refractivity contribution in [2.75, 3.05) is 19.6 Å². The Kier molecular flexibility index (Phi) is 2.82. The summed E-state index contributed by atoms with van der Waals surface area (Å²) in [5, 5.41) is 2.16. The first-order chi connectivity index (χ1) is 7.65. The number of carbonyl (C=O) groups is 3. The van der Waals surface area contributed by atoms with Gasteiger partial charge in [0, 0.05) is 0 Å². The monoisotopic (exact) mass is 222 g/mol. The number of hydrogen-bond donors (Lipinski definition) is 1. The molecule has 0 radical (unpaired) electrons. The van der Waals surface area contributed by atoms with E-state index < -0.39 is 0 Å². The van der Waals surface area contributed by atoms with Gasteiger partial charge in [-0.05, 0) is 12.1 Å². The van der Waals surface area contributed by atoms with E-state index in [1.165, 1.54) is 11.2 Å². The van der Waals surface area contributed by atoms with Crippen LogP contribution in [-0.2, 0) is 9.59 Å². The van der Waals surface area contributed by atoms with Gasteiger partial charge in [0.25, 0.3) is 0 Å². The number of Topliss-reactive ketones (excluding diaryl/α,β-unsaturated/α-hetero) is 1. The lowest BCUT2D eigenvalue weighted by Gasteiger charge is -2.23. The summed E-state index contributed by atoms with van der Waals surface area (Å²) in [6, 6.07) is 3.16. The van der Waals surface area contributed by atoms with Gasteiger partial charge in [-0.1, -0.05) is 0 Å². The van der Waals surface area contributed by atoms with Gasteiger partial charge in [-0.25, -0.2) is 0 Å². The molecule has 1 aromatic heterocycles. The molecule has 0 aliphatic carbocycles. The molecule has 1 N–H and O–H groups in total. The maximum absolute atomic E-state index is 11.6. The van der Waals surface area contributed by atoms with E-state index in [2.05, 4.69) is 5.32 Å². The van der Waals surface area contributed by atoms with Crippen LogP contribution in [0.5, 0.6) is 0 Å². The zero-order chi connectivity index (χ0) is 11.5. The highest BCUT2D eigenvalue weighted by Gasteiger charge is 2.24. The van der Waals surface area contributed by atoms with Crippen molar-refractivity contribution < 1.29 is 18.8 Å². The average molecular weight is 222 g/mol. The van der Waals surface area contributed by atoms with Gasteiger partial charge in [0.2, 0.25) is 17.6 Å². The smallest absolute Gasteiger partial charge is 0.240 e. The lowest BCUT2D eigenvalue weighted by Crippen LogP contribution is -2.52. The SMILES string of the molecule is O=C1CN(CC(=O)c2ccco2)CC(=O)N1. The summed E-state index contributed by atoms with van der Waals surface area (Å²) < 4.78 is 4.93. The number of rotatable bonds is 3. The van der Waals surface area contributed by atoms with Crippen LogP contribution in [0.3, 0.4) is 0 Å². The van der Waals surface area contributed by atoms with E-state index in [1.54, 1.807) is 12.1 Å². The molecule has 0 unspecified atom stereocenters. The quantitative estimate of drug-likeness (QED) is 0.546. The molecule has 0 bridgehead atoms. The van der Waals surface area contributed by atoms with Crippen molar-refractivity contribution in [3.8, 4) is 0 Å². The Morgan fingerprint density at radius 3 is 2.62 bits per heavy atom. The Balaban J connectivity index is 1.97. The molecular weight excluding hydrogens is 212 g/mol. The van der Waals surface area contributed by atoms with Crippen molar-refractivity contribution >= 4 is 17.6 Å². The van der Waals surface area contributed by atoms with E-state index in [9.17, 15) is 14.4 Å². The first-order valence-corrected chi connectivity index (χ1v) is 4.77. The number of piperazine rings is 1. The largest absolute Gasteiger partial charge is 0.461 e. The third-order valence-electron chi connectivity index (χ3n) is 2.18. The highest BCUT2D eigenvalue weighted by Crippen LogP contribution is 2.04. The number of nitrogens with one attached hydrogen (secondary N) is 1. The fourth-order valence-corrected chi connectivity index (χ4v) is 1.53. The standard InChI is InChI=1S/C10H10N2O4/c13-7(8-2-1-3-16-8)4-12-5-9(14)11-10(15)6-12/h1-3H,4-6H2,(H,11,14,15). The van der Waals surface area contributed by atoms with Crippen LogP contribution in [-0.4, -0.2) is 42.1 Å². The Hall–Kier alpha value is -1.95. The van der Waals surface area contributed by atoms with Crippen molar-refractivity contribution in [1.82, 2.24) is 10.2 Å². The highest BCUT2D eigenvalue weighted by molar-refractivity contribution is 6.01. The van der Waals surface area contributed by atoms with Gasteiger partial charge in [0.1, 0.15) is 0 Å². The fraction of sp³-hybridized carbons (Fsp3) is 0.300. The van der Waals surface area contributed by atoms with Gasteiger partial charge in [-0.3, -0.25) is 24.6 Å². The lowest BCUT2D eigenvalue weighted by atomic mass is 10.2. The van der Waals surface area contributed by atoms with E-state index in [1.807, 2.05) is 0 Å². The lowest BCUT2D eigenvalue weighted by molar-refractivity contribution is -0.135. The molecule has 16 heavy (non-hydrogen) atoms. The number of nitrogens with zero attached hydrogens (tertiary/aromatic N) is 1. The zero-order valence-electron chi connectivity index (χ0n) is 8.43.